The number of hydrogen-bond acceptors (Lipinski definition) is 16. The first-order valence-electron chi connectivity index (χ1n) is 36.8. The van der Waals surface area contributed by atoms with Gasteiger partial charge in [-0.05, 0) is 179 Å². The molecule has 0 aromatic rings. The van der Waals surface area contributed by atoms with E-state index < -0.39 is 27.6 Å². The SMILES string of the molecule is CN(C)CCCN(CCN(C)C(C)(C)C)C(=O)C(C)(C)C.CN(CCN(CCCC(=O)O)C(=O)C(C)(C)C)C(C)(C)C.CN(CCN(CCO)C(=O)C(C)(C)C)C(C)(C)C.CN(CCN(CCO)C(=O)C(C)(C)C)C(C)(C)C.COC(=O)CCCN(CCN(C)C(C)(C)C)C(=O)C(C)(C)C. The molecule has 0 aliphatic rings. The highest BCUT2D eigenvalue weighted by Crippen LogP contribution is 2.24. The summed E-state index contributed by atoms with van der Waals surface area (Å²) < 4.78 is 4.65. The van der Waals surface area contributed by atoms with Crippen molar-refractivity contribution in [3.05, 3.63) is 0 Å². The van der Waals surface area contributed by atoms with Crippen LogP contribution in [-0.4, -0.2) is 313 Å². The van der Waals surface area contributed by atoms with Crippen LogP contribution in [0.4, 0.5) is 0 Å². The van der Waals surface area contributed by atoms with E-state index >= 15 is 0 Å². The Morgan fingerprint density at radius 2 is 0.460 bits per heavy atom. The van der Waals surface area contributed by atoms with Crippen LogP contribution in [0.25, 0.3) is 0 Å². The molecule has 100 heavy (non-hydrogen) atoms. The zero-order valence-electron chi connectivity index (χ0n) is 72.3. The second-order valence-electron chi connectivity index (χ2n) is 37.5. The Hall–Kier alpha value is -4.03. The van der Waals surface area contributed by atoms with Gasteiger partial charge in [-0.2, -0.15) is 0 Å². The number of esters is 1. The summed E-state index contributed by atoms with van der Waals surface area (Å²) in [6, 6.07) is 0. The van der Waals surface area contributed by atoms with E-state index in [-0.39, 0.29) is 88.2 Å². The number of aliphatic hydroxyl groups is 2. The van der Waals surface area contributed by atoms with E-state index in [0.717, 1.165) is 58.8 Å². The maximum absolute atomic E-state index is 12.6. The molecule has 0 unspecified atom stereocenters. The Morgan fingerprint density at radius 1 is 0.270 bits per heavy atom. The van der Waals surface area contributed by atoms with Crippen LogP contribution in [0.5, 0.6) is 0 Å². The molecule has 0 heterocycles. The van der Waals surface area contributed by atoms with Gasteiger partial charge in [0, 0.05) is 166 Å². The molecule has 0 aliphatic carbocycles. The Balaban J connectivity index is -0.000000377. The number of rotatable bonds is 31. The van der Waals surface area contributed by atoms with Crippen molar-refractivity contribution >= 4 is 41.5 Å². The fourth-order valence-electron chi connectivity index (χ4n) is 8.73. The molecule has 0 saturated carbocycles. The largest absolute Gasteiger partial charge is 0.481 e. The highest BCUT2D eigenvalue weighted by Gasteiger charge is 2.33. The number of likely N-dealkylation sites (N-methyl/N-ethyl adjacent to an activating group) is 5. The summed E-state index contributed by atoms with van der Waals surface area (Å²) >= 11 is 0. The number of carboxylic acid groups (broad SMARTS) is 1. The number of ether oxygens (including phenoxy) is 1. The maximum atomic E-state index is 12.6. The van der Waals surface area contributed by atoms with Gasteiger partial charge in [-0.25, -0.2) is 0 Å². The number of methoxy groups -OCH3 is 1. The monoisotopic (exact) mass is 1430 g/mol. The molecule has 0 aromatic carbocycles. The first-order valence-corrected chi connectivity index (χ1v) is 36.8. The second-order valence-corrected chi connectivity index (χ2v) is 37.5. The van der Waals surface area contributed by atoms with Crippen molar-refractivity contribution in [3.63, 3.8) is 0 Å². The molecule has 0 spiro atoms. The predicted octanol–water partition coefficient (Wildman–Crippen LogP) is 10.7. The zero-order valence-corrected chi connectivity index (χ0v) is 72.3. The summed E-state index contributed by atoms with van der Waals surface area (Å²) in [4.78, 5) is 106. The molecule has 0 aromatic heterocycles. The van der Waals surface area contributed by atoms with Crippen molar-refractivity contribution < 1.29 is 53.6 Å². The molecule has 22 nitrogen and oxygen atoms in total. The lowest BCUT2D eigenvalue weighted by atomic mass is 9.94. The number of nitrogens with zero attached hydrogens (tertiary/aromatic N) is 11. The Labute approximate surface area is 615 Å². The van der Waals surface area contributed by atoms with Gasteiger partial charge < -0.3 is 49.5 Å². The van der Waals surface area contributed by atoms with Crippen molar-refractivity contribution in [2.45, 2.75) is 268 Å². The van der Waals surface area contributed by atoms with E-state index in [1.165, 1.54) is 7.11 Å². The van der Waals surface area contributed by atoms with Crippen molar-refractivity contribution in [1.82, 2.24) is 53.9 Å². The van der Waals surface area contributed by atoms with Crippen LogP contribution in [0, 0.1) is 27.1 Å². The maximum Gasteiger partial charge on any atom is 0.305 e. The summed E-state index contributed by atoms with van der Waals surface area (Å²) in [7, 11) is 15.9. The summed E-state index contributed by atoms with van der Waals surface area (Å²) in [5, 5.41) is 26.9. The highest BCUT2D eigenvalue weighted by atomic mass is 16.5. The number of carbonyl (C=O) groups excluding carboxylic acids is 6. The van der Waals surface area contributed by atoms with Gasteiger partial charge in [-0.3, -0.25) is 58.1 Å². The number of hydrogen-bond donors (Lipinski definition) is 3. The molecule has 0 atom stereocenters. The minimum atomic E-state index is -0.815. The summed E-state index contributed by atoms with van der Waals surface area (Å²) in [5.74, 6) is -0.393. The topological polar surface area (TPSA) is 225 Å². The van der Waals surface area contributed by atoms with E-state index in [4.69, 9.17) is 15.3 Å². The van der Waals surface area contributed by atoms with Crippen molar-refractivity contribution in [1.29, 1.82) is 0 Å². The summed E-state index contributed by atoms with van der Waals surface area (Å²) in [6.45, 7) is 72.6. The molecule has 22 heteroatoms. The van der Waals surface area contributed by atoms with E-state index in [1.54, 1.807) is 14.7 Å². The average Bonchev–Trinajstić information content (AvgIpc) is 0.881. The average molecular weight is 1430 g/mol. The highest BCUT2D eigenvalue weighted by molar-refractivity contribution is 5.83. The van der Waals surface area contributed by atoms with Gasteiger partial charge in [0.15, 0.2) is 0 Å². The third-order valence-electron chi connectivity index (χ3n) is 17.5. The number of amides is 5. The number of carboxylic acids is 1. The predicted molar refractivity (Wildman–Crippen MR) is 418 cm³/mol. The van der Waals surface area contributed by atoms with Gasteiger partial charge in [0.2, 0.25) is 29.5 Å². The molecular formula is C78H163N11O11. The fourth-order valence-corrected chi connectivity index (χ4v) is 8.73. The van der Waals surface area contributed by atoms with Gasteiger partial charge in [-0.1, -0.05) is 104 Å². The minimum Gasteiger partial charge on any atom is -0.481 e. The first-order chi connectivity index (χ1) is 44.6. The molecular weight excluding hydrogens is 1270 g/mol. The van der Waals surface area contributed by atoms with Crippen LogP contribution < -0.4 is 0 Å². The van der Waals surface area contributed by atoms with E-state index in [9.17, 15) is 33.6 Å². The molecule has 5 amide bonds. The van der Waals surface area contributed by atoms with Crippen LogP contribution in [0.3, 0.4) is 0 Å². The van der Waals surface area contributed by atoms with Crippen molar-refractivity contribution in [3.8, 4) is 0 Å². The van der Waals surface area contributed by atoms with Gasteiger partial charge in [0.05, 0.1) is 20.3 Å². The molecule has 0 aliphatic heterocycles. The van der Waals surface area contributed by atoms with Crippen LogP contribution in [0.15, 0.2) is 0 Å². The van der Waals surface area contributed by atoms with Crippen LogP contribution in [0.1, 0.15) is 240 Å². The van der Waals surface area contributed by atoms with Crippen LogP contribution in [0.2, 0.25) is 0 Å². The molecule has 0 saturated heterocycles. The smallest absolute Gasteiger partial charge is 0.305 e. The number of aliphatic carboxylic acids is 1. The lowest BCUT2D eigenvalue weighted by molar-refractivity contribution is -0.143. The molecule has 596 valence electrons. The number of carbonyl (C=O) groups is 7. The standard InChI is InChI=1S/C17H37N3O.C17H34N2O3.C16H32N2O3.2C14H30N2O2/c1-16(2,3)15(21)20(12-10-11-18(7)8)14-13-19(9)17(4,5)6;1-16(2,3)15(21)19(11-9-10-14(20)22-8)13-12-18(7)17(4,5)6;1-15(2,3)14(21)18(10-8-9-13(19)20)12-11-17(7)16(4,5)6;2*1-13(2,3)12(18)16(10-11-17)9-8-15(7)14(4,5)6/h10-14H2,1-9H3;9-13H2,1-8H3;8-12H2,1-7H3,(H,19,20);2*17H,8-11H2,1-7H3. The third-order valence-corrected chi connectivity index (χ3v) is 17.5. The van der Waals surface area contributed by atoms with E-state index in [0.29, 0.717) is 71.6 Å². The van der Waals surface area contributed by atoms with Gasteiger partial charge in [-0.15, -0.1) is 0 Å². The first kappa shape index (κ1) is 105. The summed E-state index contributed by atoms with van der Waals surface area (Å²) in [5.41, 5.74) is -1.50. The third kappa shape index (κ3) is 50.4. The zero-order chi connectivity index (χ0) is 80.4. The molecule has 0 rings (SSSR count). The van der Waals surface area contributed by atoms with Crippen LogP contribution >= 0.6 is 0 Å². The Morgan fingerprint density at radius 3 is 0.620 bits per heavy atom. The normalized spacial score (nSPS) is 12.8. The van der Waals surface area contributed by atoms with Gasteiger partial charge >= 0.3 is 11.9 Å². The molecule has 0 fully saturated rings. The van der Waals surface area contributed by atoms with Crippen LogP contribution in [-0.2, 0) is 38.3 Å². The molecule has 3 N–H and O–H groups in total. The number of aliphatic hydroxyl groups excluding tert-OH is 2. The molecule has 0 radical (unpaired) electrons. The lowest BCUT2D eigenvalue weighted by Gasteiger charge is -2.36. The second kappa shape index (κ2) is 46.7. The van der Waals surface area contributed by atoms with Crippen molar-refractivity contribution in [2.24, 2.45) is 27.1 Å². The Kier molecular flexibility index (Phi) is 48.9. The van der Waals surface area contributed by atoms with Gasteiger partial charge in [0.1, 0.15) is 0 Å². The van der Waals surface area contributed by atoms with Crippen molar-refractivity contribution in [2.75, 3.05) is 174 Å². The minimum absolute atomic E-state index is 0.0149. The summed E-state index contributed by atoms with van der Waals surface area (Å²) in [6.07, 6.45) is 2.60. The van der Waals surface area contributed by atoms with E-state index in [2.05, 4.69) is 180 Å². The van der Waals surface area contributed by atoms with Gasteiger partial charge in [0.25, 0.3) is 0 Å². The van der Waals surface area contributed by atoms with E-state index in [1.807, 2.05) is 121 Å². The fraction of sp³-hybridized carbons (Fsp3) is 0.910. The lowest BCUT2D eigenvalue weighted by Crippen LogP contribution is -2.47. The molecule has 0 bridgehead atoms. The quantitative estimate of drug-likeness (QED) is 0.0549. The Bertz CT molecular complexity index is 2240.